The van der Waals surface area contributed by atoms with Crippen molar-refractivity contribution in [3.8, 4) is 0 Å². The van der Waals surface area contributed by atoms with Crippen LogP contribution in [0.25, 0.3) is 0 Å². The van der Waals surface area contributed by atoms with Gasteiger partial charge in [0.25, 0.3) is 0 Å². The number of rotatable bonds is 9. The Hall–Kier alpha value is -1.33. The predicted molar refractivity (Wildman–Crippen MR) is 97.8 cm³/mol. The van der Waals surface area contributed by atoms with E-state index in [4.69, 9.17) is 0 Å². The SMILES string of the molecule is CSc1nnc(CCCNCc2ccccc2C)n1CC(C)C. The molecule has 2 rings (SSSR count). The molecule has 5 heteroatoms. The monoisotopic (exact) mass is 332 g/mol. The molecule has 0 radical (unpaired) electrons. The van der Waals surface area contributed by atoms with E-state index in [1.165, 1.54) is 11.1 Å². The third-order valence-corrected chi connectivity index (χ3v) is 4.52. The molecule has 0 unspecified atom stereocenters. The Labute approximate surface area is 144 Å². The van der Waals surface area contributed by atoms with E-state index in [1.807, 2.05) is 0 Å². The Balaban J connectivity index is 1.80. The number of nitrogens with one attached hydrogen (secondary N) is 1. The molecule has 1 heterocycles. The van der Waals surface area contributed by atoms with Crippen molar-refractivity contribution in [1.82, 2.24) is 20.1 Å². The van der Waals surface area contributed by atoms with Gasteiger partial charge in [0.05, 0.1) is 0 Å². The zero-order valence-electron chi connectivity index (χ0n) is 14.7. The number of hydrogen-bond acceptors (Lipinski definition) is 4. The molecule has 0 fully saturated rings. The average Bonchev–Trinajstić information content (AvgIpc) is 2.90. The van der Waals surface area contributed by atoms with E-state index < -0.39 is 0 Å². The van der Waals surface area contributed by atoms with Gasteiger partial charge in [0, 0.05) is 19.5 Å². The number of hydrogen-bond donors (Lipinski definition) is 1. The van der Waals surface area contributed by atoms with E-state index in [0.717, 1.165) is 43.5 Å². The highest BCUT2D eigenvalue weighted by molar-refractivity contribution is 7.98. The second kappa shape index (κ2) is 9.08. The van der Waals surface area contributed by atoms with Crippen LogP contribution in [0.3, 0.4) is 0 Å². The Kier molecular flexibility index (Phi) is 7.12. The topological polar surface area (TPSA) is 42.7 Å². The van der Waals surface area contributed by atoms with Crippen molar-refractivity contribution in [3.05, 3.63) is 41.2 Å². The van der Waals surface area contributed by atoms with E-state index >= 15 is 0 Å². The summed E-state index contributed by atoms with van der Waals surface area (Å²) in [6, 6.07) is 8.54. The molecular formula is C18H28N4S. The average molecular weight is 333 g/mol. The van der Waals surface area contributed by atoms with Crippen LogP contribution < -0.4 is 5.32 Å². The summed E-state index contributed by atoms with van der Waals surface area (Å²) in [6.07, 6.45) is 4.12. The van der Waals surface area contributed by atoms with Crippen LogP contribution in [0, 0.1) is 12.8 Å². The van der Waals surface area contributed by atoms with Gasteiger partial charge in [-0.1, -0.05) is 49.9 Å². The van der Waals surface area contributed by atoms with Gasteiger partial charge >= 0.3 is 0 Å². The van der Waals surface area contributed by atoms with Crippen LogP contribution in [0.5, 0.6) is 0 Å². The molecule has 0 bridgehead atoms. The van der Waals surface area contributed by atoms with Gasteiger partial charge in [-0.05, 0) is 43.2 Å². The van der Waals surface area contributed by atoms with E-state index in [9.17, 15) is 0 Å². The van der Waals surface area contributed by atoms with Gasteiger partial charge < -0.3 is 9.88 Å². The molecule has 1 aromatic heterocycles. The van der Waals surface area contributed by atoms with Crippen LogP contribution in [0.1, 0.15) is 37.2 Å². The fraction of sp³-hybridized carbons (Fsp3) is 0.556. The van der Waals surface area contributed by atoms with Gasteiger partial charge in [0.15, 0.2) is 5.16 Å². The maximum Gasteiger partial charge on any atom is 0.190 e. The van der Waals surface area contributed by atoms with E-state index in [0.29, 0.717) is 5.92 Å². The summed E-state index contributed by atoms with van der Waals surface area (Å²) >= 11 is 1.67. The summed E-state index contributed by atoms with van der Waals surface area (Å²) in [5, 5.41) is 13.2. The zero-order chi connectivity index (χ0) is 16.7. The second-order valence-electron chi connectivity index (χ2n) is 6.31. The van der Waals surface area contributed by atoms with Crippen molar-refractivity contribution in [2.75, 3.05) is 12.8 Å². The van der Waals surface area contributed by atoms with Crippen molar-refractivity contribution in [1.29, 1.82) is 0 Å². The van der Waals surface area contributed by atoms with Gasteiger partial charge in [0.1, 0.15) is 5.82 Å². The molecule has 0 aliphatic rings. The van der Waals surface area contributed by atoms with Gasteiger partial charge in [-0.2, -0.15) is 0 Å². The minimum atomic E-state index is 0.606. The third kappa shape index (κ3) is 5.36. The lowest BCUT2D eigenvalue weighted by Gasteiger charge is -2.12. The molecule has 0 saturated carbocycles. The van der Waals surface area contributed by atoms with Crippen LogP contribution in [0.2, 0.25) is 0 Å². The predicted octanol–water partition coefficient (Wildman–Crippen LogP) is 3.69. The fourth-order valence-electron chi connectivity index (χ4n) is 2.61. The lowest BCUT2D eigenvalue weighted by atomic mass is 10.1. The van der Waals surface area contributed by atoms with Crippen molar-refractivity contribution < 1.29 is 0 Å². The Morgan fingerprint density at radius 2 is 2.00 bits per heavy atom. The fourth-order valence-corrected chi connectivity index (χ4v) is 3.13. The minimum absolute atomic E-state index is 0.606. The number of nitrogens with zero attached hydrogens (tertiary/aromatic N) is 3. The molecule has 1 N–H and O–H groups in total. The van der Waals surface area contributed by atoms with Crippen molar-refractivity contribution >= 4 is 11.8 Å². The second-order valence-corrected chi connectivity index (χ2v) is 7.09. The Morgan fingerprint density at radius 3 is 2.70 bits per heavy atom. The van der Waals surface area contributed by atoms with Gasteiger partial charge in [-0.15, -0.1) is 10.2 Å². The van der Waals surface area contributed by atoms with Gasteiger partial charge in [-0.25, -0.2) is 0 Å². The molecule has 4 nitrogen and oxygen atoms in total. The summed E-state index contributed by atoms with van der Waals surface area (Å²) in [4.78, 5) is 0. The molecule has 23 heavy (non-hydrogen) atoms. The molecule has 0 aliphatic carbocycles. The highest BCUT2D eigenvalue weighted by Gasteiger charge is 2.12. The maximum atomic E-state index is 4.37. The maximum absolute atomic E-state index is 4.37. The molecule has 0 atom stereocenters. The Bertz CT molecular complexity index is 607. The summed E-state index contributed by atoms with van der Waals surface area (Å²) in [6.45, 7) is 9.55. The summed E-state index contributed by atoms with van der Waals surface area (Å²) in [5.41, 5.74) is 2.72. The van der Waals surface area contributed by atoms with E-state index in [2.05, 4.69) is 71.4 Å². The molecule has 0 spiro atoms. The van der Waals surface area contributed by atoms with Crippen LogP contribution in [-0.2, 0) is 19.5 Å². The van der Waals surface area contributed by atoms with Crippen LogP contribution >= 0.6 is 11.8 Å². The largest absolute Gasteiger partial charge is 0.313 e. The first-order valence-corrected chi connectivity index (χ1v) is 9.55. The third-order valence-electron chi connectivity index (χ3n) is 3.85. The number of aryl methyl sites for hydroxylation is 2. The van der Waals surface area contributed by atoms with Gasteiger partial charge in [-0.3, -0.25) is 0 Å². The summed E-state index contributed by atoms with van der Waals surface area (Å²) in [5.74, 6) is 1.72. The molecule has 0 amide bonds. The molecular weight excluding hydrogens is 304 g/mol. The standard InChI is InChI=1S/C18H28N4S/c1-14(2)13-22-17(20-21-18(22)23-4)10-7-11-19-12-16-9-6-5-8-15(16)3/h5-6,8-9,14,19H,7,10-13H2,1-4H3. The van der Waals surface area contributed by atoms with Crippen molar-refractivity contribution in [2.24, 2.45) is 5.92 Å². The van der Waals surface area contributed by atoms with Crippen molar-refractivity contribution in [3.63, 3.8) is 0 Å². The zero-order valence-corrected chi connectivity index (χ0v) is 15.5. The van der Waals surface area contributed by atoms with E-state index in [1.54, 1.807) is 11.8 Å². The number of benzene rings is 1. The quantitative estimate of drug-likeness (QED) is 0.562. The van der Waals surface area contributed by atoms with Crippen LogP contribution in [-0.4, -0.2) is 27.6 Å². The van der Waals surface area contributed by atoms with Crippen LogP contribution in [0.4, 0.5) is 0 Å². The first-order valence-electron chi connectivity index (χ1n) is 8.33. The van der Waals surface area contributed by atoms with E-state index in [-0.39, 0.29) is 0 Å². The summed E-state index contributed by atoms with van der Waals surface area (Å²) in [7, 11) is 0. The first-order chi connectivity index (χ1) is 11.1. The summed E-state index contributed by atoms with van der Waals surface area (Å²) < 4.78 is 2.27. The molecule has 2 aromatic rings. The highest BCUT2D eigenvalue weighted by atomic mass is 32.2. The Morgan fingerprint density at radius 1 is 1.22 bits per heavy atom. The molecule has 126 valence electrons. The number of thioether (sulfide) groups is 1. The minimum Gasteiger partial charge on any atom is -0.313 e. The molecule has 0 saturated heterocycles. The van der Waals surface area contributed by atoms with Crippen molar-refractivity contribution in [2.45, 2.75) is 51.9 Å². The first kappa shape index (κ1) is 18.0. The molecule has 1 aromatic carbocycles. The normalized spacial score (nSPS) is 11.3. The number of aromatic nitrogens is 3. The highest BCUT2D eigenvalue weighted by Crippen LogP contribution is 2.16. The van der Waals surface area contributed by atoms with Gasteiger partial charge in [0.2, 0.25) is 0 Å². The lowest BCUT2D eigenvalue weighted by Crippen LogP contribution is -2.17. The lowest BCUT2D eigenvalue weighted by molar-refractivity contribution is 0.475. The smallest absolute Gasteiger partial charge is 0.190 e. The molecule has 0 aliphatic heterocycles. The van der Waals surface area contributed by atoms with Crippen LogP contribution in [0.15, 0.2) is 29.4 Å².